The number of allylic oxidation sites excluding steroid dienone is 1. The van der Waals surface area contributed by atoms with Crippen LogP contribution in [0.15, 0.2) is 59.5 Å². The Morgan fingerprint density at radius 2 is 2.08 bits per heavy atom. The Bertz CT molecular complexity index is 1320. The average Bonchev–Trinajstić information content (AvgIpc) is 3.29. The van der Waals surface area contributed by atoms with Gasteiger partial charge in [0, 0.05) is 44.0 Å². The molecule has 2 aromatic heterocycles. The first kappa shape index (κ1) is 26.4. The van der Waals surface area contributed by atoms with Gasteiger partial charge in [-0.3, -0.25) is 24.8 Å². The van der Waals surface area contributed by atoms with E-state index in [0.29, 0.717) is 11.4 Å². The lowest BCUT2D eigenvalue weighted by Gasteiger charge is -2.29. The number of hydrogen-bond donors (Lipinski definition) is 3. The number of H-pyrrole nitrogens is 1. The van der Waals surface area contributed by atoms with E-state index in [1.54, 1.807) is 18.6 Å². The van der Waals surface area contributed by atoms with E-state index >= 15 is 0 Å². The quantitative estimate of drug-likeness (QED) is 0.305. The minimum Gasteiger partial charge on any atom is -0.393 e. The van der Waals surface area contributed by atoms with Crippen molar-refractivity contribution >= 4 is 34.8 Å². The number of carbonyl (C=O) groups excluding carboxylic acids is 1. The molecule has 1 amide bonds. The molecule has 3 N–H and O–H groups in total. The lowest BCUT2D eigenvalue weighted by Crippen LogP contribution is -2.36. The highest BCUT2D eigenvalue weighted by molar-refractivity contribution is 6.11. The van der Waals surface area contributed by atoms with Gasteiger partial charge in [-0.25, -0.2) is 0 Å². The van der Waals surface area contributed by atoms with Crippen LogP contribution in [0, 0.1) is 0 Å². The molecule has 194 valence electrons. The van der Waals surface area contributed by atoms with Gasteiger partial charge in [-0.15, -0.1) is 0 Å². The number of carbonyl (C=O) groups is 1. The zero-order valence-electron chi connectivity index (χ0n) is 21.7. The van der Waals surface area contributed by atoms with Gasteiger partial charge in [0.2, 0.25) is 0 Å². The van der Waals surface area contributed by atoms with E-state index in [1.165, 1.54) is 0 Å². The van der Waals surface area contributed by atoms with Crippen LogP contribution >= 0.6 is 0 Å². The number of amides is 1. The van der Waals surface area contributed by atoms with E-state index < -0.39 is 0 Å². The number of anilines is 1. The predicted octanol–water partition coefficient (Wildman–Crippen LogP) is 3.72. The normalized spacial score (nSPS) is 15.9. The minimum absolute atomic E-state index is 0.204. The second kappa shape index (κ2) is 12.1. The fourth-order valence-electron chi connectivity index (χ4n) is 4.57. The van der Waals surface area contributed by atoms with Crippen LogP contribution in [0.3, 0.4) is 0 Å². The third-order valence-corrected chi connectivity index (χ3v) is 6.41. The molecule has 37 heavy (non-hydrogen) atoms. The summed E-state index contributed by atoms with van der Waals surface area (Å²) in [5, 5.41) is 20.7. The number of aliphatic hydroxyl groups excluding tert-OH is 1. The Kier molecular flexibility index (Phi) is 8.60. The number of rotatable bonds is 9. The summed E-state index contributed by atoms with van der Waals surface area (Å²) in [6.45, 7) is 8.85. The molecular formula is C28H35N7O2. The summed E-state index contributed by atoms with van der Waals surface area (Å²) < 4.78 is 0. The number of hydrogen-bond acceptors (Lipinski definition) is 7. The van der Waals surface area contributed by atoms with Crippen molar-refractivity contribution in [3.8, 4) is 0 Å². The molecule has 4 rings (SSSR count). The number of fused-ring (bicyclic) bond motifs is 1. The van der Waals surface area contributed by atoms with Gasteiger partial charge < -0.3 is 15.3 Å². The molecule has 1 aliphatic rings. The monoisotopic (exact) mass is 501 g/mol. The van der Waals surface area contributed by atoms with Crippen molar-refractivity contribution < 1.29 is 9.90 Å². The maximum Gasteiger partial charge on any atom is 0.276 e. The lowest BCUT2D eigenvalue weighted by atomic mass is 10.0. The molecular weight excluding hydrogens is 466 g/mol. The number of piperidine rings is 1. The van der Waals surface area contributed by atoms with Crippen molar-refractivity contribution in [2.45, 2.75) is 32.4 Å². The molecule has 1 saturated heterocycles. The van der Waals surface area contributed by atoms with Gasteiger partial charge >= 0.3 is 0 Å². The number of aliphatic imine (C=N–C) groups is 1. The number of likely N-dealkylation sites (tertiary alicyclic amines) is 1. The molecule has 0 bridgehead atoms. The van der Waals surface area contributed by atoms with Gasteiger partial charge in [0.1, 0.15) is 0 Å². The van der Waals surface area contributed by atoms with Gasteiger partial charge in [-0.2, -0.15) is 5.10 Å². The average molecular weight is 502 g/mol. The standard InChI is InChI=1S/C28H35N7O2/c1-19(11-20(14-29-2)18-35-9-7-24(36)8-10-35)22-5-6-26-25(13-22)27(33-32-26)28(37)31-23-12-21(15-30-16-23)17-34(3)4/h5-6,11-16,24,36H,2,7-10,17-18H2,1,3-4H3,(H,31,37)(H,32,33)/b19-11+,20-14+. The molecule has 0 unspecified atom stereocenters. The van der Waals surface area contributed by atoms with Gasteiger partial charge in [-0.05, 0) is 81.1 Å². The number of aromatic amines is 1. The highest BCUT2D eigenvalue weighted by Crippen LogP contribution is 2.25. The van der Waals surface area contributed by atoms with Crippen LogP contribution in [0.25, 0.3) is 16.5 Å². The molecule has 0 spiro atoms. The fraction of sp³-hybridized carbons (Fsp3) is 0.357. The first-order valence-corrected chi connectivity index (χ1v) is 12.4. The Labute approximate surface area is 217 Å². The Hall–Kier alpha value is -3.66. The van der Waals surface area contributed by atoms with Crippen molar-refractivity contribution in [2.24, 2.45) is 4.99 Å². The predicted molar refractivity (Wildman–Crippen MR) is 149 cm³/mol. The zero-order valence-corrected chi connectivity index (χ0v) is 21.7. The molecule has 1 fully saturated rings. The largest absolute Gasteiger partial charge is 0.393 e. The number of aromatic nitrogens is 3. The second-order valence-electron chi connectivity index (χ2n) is 9.83. The molecule has 0 aliphatic carbocycles. The number of nitrogens with zero attached hydrogens (tertiary/aromatic N) is 5. The van der Waals surface area contributed by atoms with Crippen LogP contribution in [0.4, 0.5) is 5.69 Å². The van der Waals surface area contributed by atoms with Crippen LogP contribution in [0.5, 0.6) is 0 Å². The zero-order chi connectivity index (χ0) is 26.4. The summed E-state index contributed by atoms with van der Waals surface area (Å²) in [6.07, 6.45) is 8.68. The Morgan fingerprint density at radius 3 is 2.81 bits per heavy atom. The van der Waals surface area contributed by atoms with E-state index in [-0.39, 0.29) is 12.0 Å². The third-order valence-electron chi connectivity index (χ3n) is 6.41. The topological polar surface area (TPSA) is 110 Å². The SMILES string of the molecule is C=N/C=C(\C=C(/C)c1ccc2[nH]nc(C(=O)Nc3cncc(CN(C)C)c3)c2c1)CN1CCC(O)CC1. The summed E-state index contributed by atoms with van der Waals surface area (Å²) in [6, 6.07) is 7.85. The number of benzene rings is 1. The molecule has 0 atom stereocenters. The maximum atomic E-state index is 13.1. The molecule has 0 saturated carbocycles. The van der Waals surface area contributed by atoms with Gasteiger partial charge in [0.25, 0.3) is 5.91 Å². The fourth-order valence-corrected chi connectivity index (χ4v) is 4.57. The minimum atomic E-state index is -0.294. The Morgan fingerprint density at radius 1 is 1.30 bits per heavy atom. The van der Waals surface area contributed by atoms with E-state index in [4.69, 9.17) is 0 Å². The first-order chi connectivity index (χ1) is 17.8. The number of nitrogens with one attached hydrogen (secondary N) is 2. The van der Waals surface area contributed by atoms with Crippen LogP contribution < -0.4 is 5.32 Å². The van der Waals surface area contributed by atoms with Crippen molar-refractivity contribution in [1.82, 2.24) is 25.0 Å². The molecule has 1 aromatic carbocycles. The molecule has 3 aromatic rings. The smallest absolute Gasteiger partial charge is 0.276 e. The molecule has 9 heteroatoms. The Balaban J connectivity index is 1.53. The first-order valence-electron chi connectivity index (χ1n) is 12.4. The summed E-state index contributed by atoms with van der Waals surface area (Å²) in [5.41, 5.74) is 5.83. The summed E-state index contributed by atoms with van der Waals surface area (Å²) in [5.74, 6) is -0.294. The van der Waals surface area contributed by atoms with Gasteiger partial charge in [0.05, 0.1) is 23.5 Å². The van der Waals surface area contributed by atoms with Crippen LogP contribution in [0.2, 0.25) is 0 Å². The van der Waals surface area contributed by atoms with Crippen LogP contribution in [-0.4, -0.2) is 82.5 Å². The van der Waals surface area contributed by atoms with Gasteiger partial charge in [0.15, 0.2) is 5.69 Å². The number of aliphatic hydroxyl groups is 1. The van der Waals surface area contributed by atoms with E-state index in [2.05, 4.69) is 43.2 Å². The second-order valence-corrected chi connectivity index (χ2v) is 9.83. The summed E-state index contributed by atoms with van der Waals surface area (Å²) in [4.78, 5) is 25.7. The molecule has 0 radical (unpaired) electrons. The third kappa shape index (κ3) is 6.97. The van der Waals surface area contributed by atoms with Crippen molar-refractivity contribution in [1.29, 1.82) is 0 Å². The molecule has 9 nitrogen and oxygen atoms in total. The van der Waals surface area contributed by atoms with Gasteiger partial charge in [-0.1, -0.05) is 12.1 Å². The highest BCUT2D eigenvalue weighted by atomic mass is 16.3. The molecule has 3 heterocycles. The maximum absolute atomic E-state index is 13.1. The van der Waals surface area contributed by atoms with E-state index in [1.807, 2.05) is 50.2 Å². The summed E-state index contributed by atoms with van der Waals surface area (Å²) in [7, 11) is 3.97. The van der Waals surface area contributed by atoms with Crippen molar-refractivity contribution in [3.05, 3.63) is 71.3 Å². The van der Waals surface area contributed by atoms with Crippen molar-refractivity contribution in [3.63, 3.8) is 0 Å². The van der Waals surface area contributed by atoms with E-state index in [0.717, 1.165) is 72.2 Å². The highest BCUT2D eigenvalue weighted by Gasteiger charge is 2.18. The van der Waals surface area contributed by atoms with Crippen molar-refractivity contribution in [2.75, 3.05) is 39.0 Å². The number of pyridine rings is 1. The van der Waals surface area contributed by atoms with E-state index in [9.17, 15) is 9.90 Å². The lowest BCUT2D eigenvalue weighted by molar-refractivity contribution is 0.0872. The molecule has 1 aliphatic heterocycles. The summed E-state index contributed by atoms with van der Waals surface area (Å²) >= 11 is 0. The van der Waals surface area contributed by atoms with Crippen LogP contribution in [0.1, 0.15) is 41.4 Å². The van der Waals surface area contributed by atoms with Crippen LogP contribution in [-0.2, 0) is 6.54 Å².